The van der Waals surface area contributed by atoms with Crippen molar-refractivity contribution >= 4 is 17.7 Å². The van der Waals surface area contributed by atoms with Gasteiger partial charge in [0.25, 0.3) is 5.91 Å². The van der Waals surface area contributed by atoms with Crippen LogP contribution in [0.4, 0.5) is 10.5 Å². The average Bonchev–Trinajstić information content (AvgIpc) is 3.28. The summed E-state index contributed by atoms with van der Waals surface area (Å²) in [6.07, 6.45) is -0.792. The lowest BCUT2D eigenvalue weighted by atomic mass is 9.73. The molecule has 0 unspecified atom stereocenters. The van der Waals surface area contributed by atoms with Crippen LogP contribution >= 0.6 is 0 Å². The summed E-state index contributed by atoms with van der Waals surface area (Å²) in [5.74, 6) is 0.349. The monoisotopic (exact) mass is 426 g/mol. The molecule has 1 spiro atoms. The molecular formula is C23H26N2O6. The number of ether oxygens (including phenoxy) is 2. The van der Waals surface area contributed by atoms with Crippen molar-refractivity contribution in [2.75, 3.05) is 25.2 Å². The predicted molar refractivity (Wildman–Crippen MR) is 113 cm³/mol. The van der Waals surface area contributed by atoms with E-state index in [4.69, 9.17) is 9.47 Å². The van der Waals surface area contributed by atoms with Crippen molar-refractivity contribution < 1.29 is 29.3 Å². The molecule has 0 radical (unpaired) electrons. The Kier molecular flexibility index (Phi) is 5.84. The maximum absolute atomic E-state index is 13.4. The number of likely N-dealkylation sites (tertiary alicyclic amines) is 1. The van der Waals surface area contributed by atoms with Gasteiger partial charge >= 0.3 is 6.09 Å². The lowest BCUT2D eigenvalue weighted by Crippen LogP contribution is -2.82. The Morgan fingerprint density at radius 3 is 2.55 bits per heavy atom. The van der Waals surface area contributed by atoms with Crippen LogP contribution in [-0.2, 0) is 16.1 Å². The van der Waals surface area contributed by atoms with Crippen LogP contribution < -0.4 is 9.64 Å². The summed E-state index contributed by atoms with van der Waals surface area (Å²) in [5, 5.41) is 20.3. The minimum Gasteiger partial charge on any atom is -0.497 e. The summed E-state index contributed by atoms with van der Waals surface area (Å²) in [6.45, 7) is -0.0838. The highest BCUT2D eigenvalue weighted by Crippen LogP contribution is 2.48. The van der Waals surface area contributed by atoms with Gasteiger partial charge in [0.2, 0.25) is 0 Å². The van der Waals surface area contributed by atoms with Crippen molar-refractivity contribution in [2.24, 2.45) is 0 Å². The standard InChI is InChI=1S/C23H26N2O6/c1-30-18-10-8-17(9-11-18)25-20(19(27)14-26)23(21(25)28)12-5-13-24(23)22(29)31-15-16-6-3-2-4-7-16/h2-4,6-11,19-20,26-27H,5,12-15H2,1H3/t19-,20+,23-/m1/s1. The van der Waals surface area contributed by atoms with Crippen LogP contribution in [-0.4, -0.2) is 65.1 Å². The average molecular weight is 426 g/mol. The Balaban J connectivity index is 1.58. The second-order valence-corrected chi connectivity index (χ2v) is 7.79. The minimum atomic E-state index is -1.23. The van der Waals surface area contributed by atoms with Crippen molar-refractivity contribution in [3.63, 3.8) is 0 Å². The van der Waals surface area contributed by atoms with Crippen molar-refractivity contribution in [3.05, 3.63) is 60.2 Å². The van der Waals surface area contributed by atoms with Gasteiger partial charge < -0.3 is 24.6 Å². The smallest absolute Gasteiger partial charge is 0.411 e. The first-order chi connectivity index (χ1) is 15.0. The molecule has 2 aromatic carbocycles. The summed E-state index contributed by atoms with van der Waals surface area (Å²) in [7, 11) is 1.55. The van der Waals surface area contributed by atoms with Gasteiger partial charge in [-0.2, -0.15) is 0 Å². The molecule has 2 fully saturated rings. The molecule has 2 heterocycles. The van der Waals surface area contributed by atoms with Gasteiger partial charge in [-0.05, 0) is 42.7 Å². The number of amides is 2. The summed E-state index contributed by atoms with van der Waals surface area (Å²) in [6, 6.07) is 15.4. The van der Waals surface area contributed by atoms with Crippen LogP contribution in [0, 0.1) is 0 Å². The van der Waals surface area contributed by atoms with Crippen LogP contribution in [0.3, 0.4) is 0 Å². The Labute approximate surface area is 180 Å². The largest absolute Gasteiger partial charge is 0.497 e. The fourth-order valence-electron chi connectivity index (χ4n) is 4.64. The van der Waals surface area contributed by atoms with Crippen LogP contribution in [0.15, 0.2) is 54.6 Å². The normalized spacial score (nSPS) is 23.6. The van der Waals surface area contributed by atoms with Crippen molar-refractivity contribution in [2.45, 2.75) is 37.1 Å². The maximum atomic E-state index is 13.4. The molecule has 0 aromatic heterocycles. The molecule has 0 aliphatic carbocycles. The quantitative estimate of drug-likeness (QED) is 0.685. The molecule has 2 aliphatic heterocycles. The summed E-state index contributed by atoms with van der Waals surface area (Å²) in [4.78, 5) is 29.2. The van der Waals surface area contributed by atoms with Gasteiger partial charge in [-0.25, -0.2) is 4.79 Å². The molecule has 8 heteroatoms. The van der Waals surface area contributed by atoms with Gasteiger partial charge in [0, 0.05) is 12.2 Å². The van der Waals surface area contributed by atoms with Gasteiger partial charge in [-0.1, -0.05) is 30.3 Å². The number of carbonyl (C=O) groups is 2. The highest BCUT2D eigenvalue weighted by Gasteiger charge is 2.69. The van der Waals surface area contributed by atoms with Crippen LogP contribution in [0.2, 0.25) is 0 Å². The first-order valence-corrected chi connectivity index (χ1v) is 10.3. The van der Waals surface area contributed by atoms with Crippen LogP contribution in [0.25, 0.3) is 0 Å². The Morgan fingerprint density at radius 2 is 1.90 bits per heavy atom. The van der Waals surface area contributed by atoms with Gasteiger partial charge in [0.05, 0.1) is 19.8 Å². The third kappa shape index (κ3) is 3.51. The number of anilines is 1. The van der Waals surface area contributed by atoms with E-state index >= 15 is 0 Å². The Morgan fingerprint density at radius 1 is 1.19 bits per heavy atom. The minimum absolute atomic E-state index is 0.0931. The molecular weight excluding hydrogens is 400 g/mol. The van der Waals surface area contributed by atoms with Crippen LogP contribution in [0.5, 0.6) is 5.75 Å². The molecule has 2 saturated heterocycles. The maximum Gasteiger partial charge on any atom is 0.411 e. The first kappa shape index (κ1) is 21.1. The molecule has 2 aromatic rings. The fraction of sp³-hybridized carbons (Fsp3) is 0.391. The SMILES string of the molecule is COc1ccc(N2C(=O)[C@@]3(CCCN3C(=O)OCc3ccccc3)[C@@H]2[C@H](O)CO)cc1. The zero-order valence-electron chi connectivity index (χ0n) is 17.3. The van der Waals surface area contributed by atoms with E-state index in [0.29, 0.717) is 30.8 Å². The van der Waals surface area contributed by atoms with E-state index < -0.39 is 30.4 Å². The first-order valence-electron chi connectivity index (χ1n) is 10.3. The predicted octanol–water partition coefficient (Wildman–Crippen LogP) is 1.93. The highest BCUT2D eigenvalue weighted by molar-refractivity contribution is 6.11. The number of rotatable bonds is 6. The molecule has 2 N–H and O–H groups in total. The number of nitrogens with zero attached hydrogens (tertiary/aromatic N) is 2. The molecule has 3 atom stereocenters. The number of benzene rings is 2. The van der Waals surface area contributed by atoms with Crippen molar-refractivity contribution in [3.8, 4) is 5.75 Å². The lowest BCUT2D eigenvalue weighted by molar-refractivity contribution is -0.146. The van der Waals surface area contributed by atoms with E-state index in [1.165, 1.54) is 9.80 Å². The zero-order valence-corrected chi connectivity index (χ0v) is 17.3. The van der Waals surface area contributed by atoms with Crippen LogP contribution in [0.1, 0.15) is 18.4 Å². The third-order valence-electron chi connectivity index (χ3n) is 6.11. The van der Waals surface area contributed by atoms with Gasteiger partial charge in [0.15, 0.2) is 0 Å². The van der Waals surface area contributed by atoms with E-state index in [2.05, 4.69) is 0 Å². The van der Waals surface area contributed by atoms with Gasteiger partial charge in [0.1, 0.15) is 24.0 Å². The van der Waals surface area contributed by atoms with E-state index in [1.807, 2.05) is 30.3 Å². The third-order valence-corrected chi connectivity index (χ3v) is 6.11. The van der Waals surface area contributed by atoms with Gasteiger partial charge in [-0.3, -0.25) is 9.69 Å². The highest BCUT2D eigenvalue weighted by atomic mass is 16.6. The Hall–Kier alpha value is -3.10. The number of carbonyl (C=O) groups excluding carboxylic acids is 2. The van der Waals surface area contributed by atoms with E-state index in [0.717, 1.165) is 5.56 Å². The van der Waals surface area contributed by atoms with E-state index in [1.54, 1.807) is 31.4 Å². The molecule has 8 nitrogen and oxygen atoms in total. The van der Waals surface area contributed by atoms with Gasteiger partial charge in [-0.15, -0.1) is 0 Å². The topological polar surface area (TPSA) is 99.5 Å². The number of hydrogen-bond donors (Lipinski definition) is 2. The van der Waals surface area contributed by atoms with Crippen molar-refractivity contribution in [1.29, 1.82) is 0 Å². The molecule has 0 saturated carbocycles. The van der Waals surface area contributed by atoms with E-state index in [-0.39, 0.29) is 12.5 Å². The van der Waals surface area contributed by atoms with Crippen molar-refractivity contribution in [1.82, 2.24) is 4.90 Å². The number of methoxy groups -OCH3 is 1. The summed E-state index contributed by atoms with van der Waals surface area (Å²) >= 11 is 0. The number of aliphatic hydroxyl groups is 2. The molecule has 31 heavy (non-hydrogen) atoms. The summed E-state index contributed by atoms with van der Waals surface area (Å²) < 4.78 is 10.6. The second-order valence-electron chi connectivity index (χ2n) is 7.79. The molecule has 0 bridgehead atoms. The number of aliphatic hydroxyl groups excluding tert-OH is 2. The molecule has 4 rings (SSSR count). The molecule has 2 amide bonds. The molecule has 2 aliphatic rings. The zero-order chi connectivity index (χ0) is 22.0. The molecule has 164 valence electrons. The number of hydrogen-bond acceptors (Lipinski definition) is 6. The lowest BCUT2D eigenvalue weighted by Gasteiger charge is -2.58. The Bertz CT molecular complexity index is 935. The fourth-order valence-corrected chi connectivity index (χ4v) is 4.64. The number of β-lactam (4-membered cyclic amide) rings is 1. The summed E-state index contributed by atoms with van der Waals surface area (Å²) in [5.41, 5.74) is 0.185. The van der Waals surface area contributed by atoms with E-state index in [9.17, 15) is 19.8 Å². The second kappa shape index (κ2) is 8.56.